The van der Waals surface area contributed by atoms with Crippen LogP contribution < -0.4 is 5.32 Å². The van der Waals surface area contributed by atoms with E-state index in [0.29, 0.717) is 12.0 Å². The summed E-state index contributed by atoms with van der Waals surface area (Å²) in [4.78, 5) is 4.48. The zero-order valence-electron chi connectivity index (χ0n) is 9.23. The van der Waals surface area contributed by atoms with E-state index < -0.39 is 0 Å². The fourth-order valence-electron chi connectivity index (χ4n) is 1.63. The monoisotopic (exact) mass is 223 g/mol. The van der Waals surface area contributed by atoms with Gasteiger partial charge in [-0.15, -0.1) is 0 Å². The van der Waals surface area contributed by atoms with Gasteiger partial charge in [-0.2, -0.15) is 4.37 Å². The van der Waals surface area contributed by atoms with Crippen LogP contribution in [0.3, 0.4) is 0 Å². The van der Waals surface area contributed by atoms with E-state index in [9.17, 15) is 0 Å². The molecule has 1 atom stereocenters. The Morgan fingerprint density at radius 3 is 2.93 bits per heavy atom. The van der Waals surface area contributed by atoms with E-state index in [1.165, 1.54) is 24.4 Å². The summed E-state index contributed by atoms with van der Waals surface area (Å²) < 4.78 is 4.33. The summed E-state index contributed by atoms with van der Waals surface area (Å²) in [6.45, 7) is 4.24. The number of nitrogens with one attached hydrogen (secondary N) is 1. The fraction of sp³-hybridized carbons (Fsp3) is 0.636. The lowest BCUT2D eigenvalue weighted by Gasteiger charge is -2.18. The highest BCUT2D eigenvalue weighted by Gasteiger charge is 2.13. The topological polar surface area (TPSA) is 37.8 Å². The fourth-order valence-corrected chi connectivity index (χ4v) is 2.41. The SMILES string of the molecule is CC(C)c1nsc(NC2CC=CCC2)n1. The van der Waals surface area contributed by atoms with Crippen molar-refractivity contribution < 1.29 is 0 Å². The standard InChI is InChI=1S/C11H17N3S/c1-8(2)10-13-11(15-14-10)12-9-6-4-3-5-7-9/h3-4,8-9H,5-7H2,1-2H3,(H,12,13,14). The van der Waals surface area contributed by atoms with Crippen molar-refractivity contribution in [3.63, 3.8) is 0 Å². The van der Waals surface area contributed by atoms with E-state index in [2.05, 4.69) is 40.7 Å². The van der Waals surface area contributed by atoms with E-state index in [-0.39, 0.29) is 0 Å². The van der Waals surface area contributed by atoms with Crippen molar-refractivity contribution in [3.05, 3.63) is 18.0 Å². The molecule has 1 heterocycles. The summed E-state index contributed by atoms with van der Waals surface area (Å²) in [5, 5.41) is 4.42. The van der Waals surface area contributed by atoms with Gasteiger partial charge in [0.25, 0.3) is 0 Å². The number of hydrogen-bond donors (Lipinski definition) is 1. The molecule has 0 saturated heterocycles. The Morgan fingerprint density at radius 1 is 1.47 bits per heavy atom. The Bertz CT molecular complexity index is 343. The van der Waals surface area contributed by atoms with Crippen LogP contribution in [-0.4, -0.2) is 15.4 Å². The number of allylic oxidation sites excluding steroid dienone is 1. The minimum Gasteiger partial charge on any atom is -0.357 e. The molecule has 0 amide bonds. The van der Waals surface area contributed by atoms with Crippen LogP contribution in [0.2, 0.25) is 0 Å². The van der Waals surface area contributed by atoms with Gasteiger partial charge in [0.2, 0.25) is 5.13 Å². The Balaban J connectivity index is 1.95. The zero-order valence-corrected chi connectivity index (χ0v) is 10.0. The first-order chi connectivity index (χ1) is 7.25. The van der Waals surface area contributed by atoms with Crippen LogP contribution in [0.25, 0.3) is 0 Å². The Kier molecular flexibility index (Phi) is 3.36. The molecule has 1 aromatic heterocycles. The minimum absolute atomic E-state index is 0.419. The third-order valence-electron chi connectivity index (χ3n) is 2.55. The third kappa shape index (κ3) is 2.78. The van der Waals surface area contributed by atoms with Crippen molar-refractivity contribution in [1.82, 2.24) is 9.36 Å². The van der Waals surface area contributed by atoms with Crippen LogP contribution in [0.4, 0.5) is 5.13 Å². The summed E-state index contributed by atoms with van der Waals surface area (Å²) in [5.74, 6) is 1.37. The molecular weight excluding hydrogens is 206 g/mol. The van der Waals surface area contributed by atoms with Gasteiger partial charge in [0.15, 0.2) is 0 Å². The summed E-state index contributed by atoms with van der Waals surface area (Å²) in [6, 6.07) is 0.544. The first kappa shape index (κ1) is 10.6. The van der Waals surface area contributed by atoms with Crippen LogP contribution in [0, 0.1) is 0 Å². The Hall–Kier alpha value is -0.900. The van der Waals surface area contributed by atoms with Gasteiger partial charge in [0.1, 0.15) is 5.82 Å². The highest BCUT2D eigenvalue weighted by Crippen LogP contribution is 2.21. The van der Waals surface area contributed by atoms with Crippen molar-refractivity contribution in [2.24, 2.45) is 0 Å². The van der Waals surface area contributed by atoms with Crippen LogP contribution in [-0.2, 0) is 0 Å². The second kappa shape index (κ2) is 4.75. The van der Waals surface area contributed by atoms with Crippen LogP contribution >= 0.6 is 11.5 Å². The third-order valence-corrected chi connectivity index (χ3v) is 3.22. The molecule has 1 aliphatic rings. The van der Waals surface area contributed by atoms with Gasteiger partial charge in [0, 0.05) is 23.5 Å². The van der Waals surface area contributed by atoms with Gasteiger partial charge in [-0.05, 0) is 19.3 Å². The van der Waals surface area contributed by atoms with Crippen molar-refractivity contribution in [2.75, 3.05) is 5.32 Å². The normalized spacial score (nSPS) is 20.9. The molecule has 3 nitrogen and oxygen atoms in total. The molecule has 15 heavy (non-hydrogen) atoms. The van der Waals surface area contributed by atoms with E-state index in [1.807, 2.05) is 0 Å². The molecule has 1 aliphatic carbocycles. The average molecular weight is 223 g/mol. The first-order valence-corrected chi connectivity index (χ1v) is 6.28. The predicted octanol–water partition coefficient (Wildman–Crippen LogP) is 3.18. The Labute approximate surface area is 94.8 Å². The molecule has 0 aromatic carbocycles. The molecule has 0 fully saturated rings. The van der Waals surface area contributed by atoms with Gasteiger partial charge in [-0.3, -0.25) is 0 Å². The molecule has 1 aromatic rings. The highest BCUT2D eigenvalue weighted by molar-refractivity contribution is 7.09. The molecule has 0 spiro atoms. The van der Waals surface area contributed by atoms with Gasteiger partial charge in [0.05, 0.1) is 0 Å². The van der Waals surface area contributed by atoms with Crippen molar-refractivity contribution in [3.8, 4) is 0 Å². The van der Waals surface area contributed by atoms with Crippen LogP contribution in [0.15, 0.2) is 12.2 Å². The van der Waals surface area contributed by atoms with Crippen molar-refractivity contribution >= 4 is 16.7 Å². The van der Waals surface area contributed by atoms with Gasteiger partial charge in [-0.1, -0.05) is 26.0 Å². The number of aromatic nitrogens is 2. The second-order valence-corrected chi connectivity index (χ2v) is 4.99. The Morgan fingerprint density at radius 2 is 2.33 bits per heavy atom. The molecule has 0 saturated carbocycles. The van der Waals surface area contributed by atoms with E-state index in [1.54, 1.807) is 0 Å². The van der Waals surface area contributed by atoms with Crippen molar-refractivity contribution in [1.29, 1.82) is 0 Å². The summed E-state index contributed by atoms with van der Waals surface area (Å²) in [6.07, 6.45) is 7.97. The second-order valence-electron chi connectivity index (χ2n) is 4.24. The number of nitrogens with zero attached hydrogens (tertiary/aromatic N) is 2. The number of rotatable bonds is 3. The predicted molar refractivity (Wildman–Crippen MR) is 64.4 cm³/mol. The lowest BCUT2D eigenvalue weighted by molar-refractivity contribution is 0.643. The van der Waals surface area contributed by atoms with Crippen LogP contribution in [0.5, 0.6) is 0 Å². The largest absolute Gasteiger partial charge is 0.357 e. The molecule has 0 bridgehead atoms. The molecule has 4 heteroatoms. The average Bonchev–Trinajstić information content (AvgIpc) is 2.68. The molecule has 2 rings (SSSR count). The smallest absolute Gasteiger partial charge is 0.202 e. The van der Waals surface area contributed by atoms with Gasteiger partial charge < -0.3 is 5.32 Å². The maximum absolute atomic E-state index is 4.48. The molecule has 0 radical (unpaired) electrons. The number of hydrogen-bond acceptors (Lipinski definition) is 4. The molecule has 1 unspecified atom stereocenters. The first-order valence-electron chi connectivity index (χ1n) is 5.51. The minimum atomic E-state index is 0.419. The van der Waals surface area contributed by atoms with E-state index in [4.69, 9.17) is 0 Å². The lowest BCUT2D eigenvalue weighted by Crippen LogP contribution is -2.20. The molecule has 1 N–H and O–H groups in total. The highest BCUT2D eigenvalue weighted by atomic mass is 32.1. The maximum Gasteiger partial charge on any atom is 0.202 e. The van der Waals surface area contributed by atoms with Crippen molar-refractivity contribution in [2.45, 2.75) is 45.1 Å². The van der Waals surface area contributed by atoms with Gasteiger partial charge >= 0.3 is 0 Å². The summed E-state index contributed by atoms with van der Waals surface area (Å²) in [7, 11) is 0. The molecule has 82 valence electrons. The van der Waals surface area contributed by atoms with E-state index in [0.717, 1.165) is 17.4 Å². The van der Waals surface area contributed by atoms with Crippen LogP contribution in [0.1, 0.15) is 44.9 Å². The summed E-state index contributed by atoms with van der Waals surface area (Å²) in [5.41, 5.74) is 0. The summed E-state index contributed by atoms with van der Waals surface area (Å²) >= 11 is 1.48. The lowest BCUT2D eigenvalue weighted by atomic mass is 10.0. The number of anilines is 1. The zero-order chi connectivity index (χ0) is 10.7. The quantitative estimate of drug-likeness (QED) is 0.800. The van der Waals surface area contributed by atoms with E-state index >= 15 is 0 Å². The molecular formula is C11H17N3S. The molecule has 0 aliphatic heterocycles. The van der Waals surface area contributed by atoms with Gasteiger partial charge in [-0.25, -0.2) is 4.98 Å². The maximum atomic E-state index is 4.48.